The standard InChI is InChI=1S/C25H26FN3O6S2/c1-35-24-13-10-20(17-23(24)28-36(31,32)21-11-8-19(26)9-12-21)27-25(30)18-6-5-7-22(16-18)37(33,34)29-14-3-2-4-15-29/h5-13,16-17,28H,2-4,14-15H2,1H3,(H,27,30). The second kappa shape index (κ2) is 10.9. The maximum atomic E-state index is 13.2. The number of ether oxygens (including phenoxy) is 1. The number of anilines is 2. The van der Waals surface area contributed by atoms with Crippen LogP contribution in [-0.4, -0.2) is 47.2 Å². The van der Waals surface area contributed by atoms with Crippen LogP contribution in [0.15, 0.2) is 76.5 Å². The first-order valence-electron chi connectivity index (χ1n) is 11.5. The van der Waals surface area contributed by atoms with E-state index in [0.717, 1.165) is 43.5 Å². The maximum Gasteiger partial charge on any atom is 0.262 e. The Morgan fingerprint density at radius 1 is 0.892 bits per heavy atom. The molecule has 2 N–H and O–H groups in total. The lowest BCUT2D eigenvalue weighted by molar-refractivity contribution is 0.102. The van der Waals surface area contributed by atoms with Crippen LogP contribution >= 0.6 is 0 Å². The number of piperidine rings is 1. The number of hydrogen-bond donors (Lipinski definition) is 2. The van der Waals surface area contributed by atoms with E-state index in [0.29, 0.717) is 13.1 Å². The van der Waals surface area contributed by atoms with Crippen molar-refractivity contribution in [2.45, 2.75) is 29.1 Å². The smallest absolute Gasteiger partial charge is 0.262 e. The SMILES string of the molecule is COc1ccc(NC(=O)c2cccc(S(=O)(=O)N3CCCCC3)c2)cc1NS(=O)(=O)c1ccc(F)cc1. The van der Waals surface area contributed by atoms with Gasteiger partial charge in [-0.05, 0) is 73.5 Å². The van der Waals surface area contributed by atoms with Gasteiger partial charge in [-0.25, -0.2) is 21.2 Å². The normalized spacial score (nSPS) is 14.6. The van der Waals surface area contributed by atoms with Crippen LogP contribution in [0.25, 0.3) is 0 Å². The fourth-order valence-corrected chi connectivity index (χ4v) is 6.56. The summed E-state index contributed by atoms with van der Waals surface area (Å²) in [5.74, 6) is -0.958. The van der Waals surface area contributed by atoms with Crippen molar-refractivity contribution in [2.24, 2.45) is 0 Å². The Morgan fingerprint density at radius 3 is 2.27 bits per heavy atom. The molecule has 1 saturated heterocycles. The Labute approximate surface area is 215 Å². The molecule has 0 aliphatic carbocycles. The van der Waals surface area contributed by atoms with Crippen LogP contribution in [0.1, 0.15) is 29.6 Å². The van der Waals surface area contributed by atoms with Crippen molar-refractivity contribution in [3.8, 4) is 5.75 Å². The average molecular weight is 548 g/mol. The second-order valence-electron chi connectivity index (χ2n) is 8.42. The molecule has 3 aromatic rings. The van der Waals surface area contributed by atoms with Crippen LogP contribution in [0.3, 0.4) is 0 Å². The van der Waals surface area contributed by atoms with Crippen molar-refractivity contribution >= 4 is 37.3 Å². The molecule has 0 atom stereocenters. The lowest BCUT2D eigenvalue weighted by Gasteiger charge is -2.26. The quantitative estimate of drug-likeness (QED) is 0.439. The minimum Gasteiger partial charge on any atom is -0.495 e. The largest absolute Gasteiger partial charge is 0.495 e. The molecule has 37 heavy (non-hydrogen) atoms. The molecule has 3 aromatic carbocycles. The van der Waals surface area contributed by atoms with Crippen LogP contribution in [0.4, 0.5) is 15.8 Å². The fourth-order valence-electron chi connectivity index (χ4n) is 3.94. The van der Waals surface area contributed by atoms with Gasteiger partial charge in [0.1, 0.15) is 11.6 Å². The number of nitrogens with one attached hydrogen (secondary N) is 2. The molecular weight excluding hydrogens is 521 g/mol. The summed E-state index contributed by atoms with van der Waals surface area (Å²) in [5.41, 5.74) is 0.417. The van der Waals surface area contributed by atoms with Gasteiger partial charge in [-0.3, -0.25) is 9.52 Å². The molecule has 0 radical (unpaired) electrons. The highest BCUT2D eigenvalue weighted by atomic mass is 32.2. The van der Waals surface area contributed by atoms with Gasteiger partial charge in [-0.15, -0.1) is 0 Å². The minimum atomic E-state index is -4.07. The van der Waals surface area contributed by atoms with E-state index >= 15 is 0 Å². The highest BCUT2D eigenvalue weighted by Crippen LogP contribution is 2.30. The van der Waals surface area contributed by atoms with E-state index in [1.807, 2.05) is 0 Å². The molecule has 0 saturated carbocycles. The van der Waals surface area contributed by atoms with E-state index in [1.165, 1.54) is 53.9 Å². The molecule has 0 aromatic heterocycles. The Balaban J connectivity index is 1.55. The zero-order chi connectivity index (χ0) is 26.6. The van der Waals surface area contributed by atoms with E-state index in [-0.39, 0.29) is 32.5 Å². The zero-order valence-electron chi connectivity index (χ0n) is 20.0. The average Bonchev–Trinajstić information content (AvgIpc) is 2.89. The van der Waals surface area contributed by atoms with Gasteiger partial charge in [0.15, 0.2) is 0 Å². The molecule has 1 aliphatic heterocycles. The predicted molar refractivity (Wildman–Crippen MR) is 137 cm³/mol. The summed E-state index contributed by atoms with van der Waals surface area (Å²) in [7, 11) is -6.43. The molecule has 0 unspecified atom stereocenters. The van der Waals surface area contributed by atoms with Gasteiger partial charge in [-0.2, -0.15) is 4.31 Å². The molecule has 0 spiro atoms. The van der Waals surface area contributed by atoms with Crippen molar-refractivity contribution < 1.29 is 30.8 Å². The number of hydrogen-bond acceptors (Lipinski definition) is 6. The van der Waals surface area contributed by atoms with Crippen molar-refractivity contribution in [3.63, 3.8) is 0 Å². The Kier molecular flexibility index (Phi) is 7.81. The first-order valence-corrected chi connectivity index (χ1v) is 14.4. The van der Waals surface area contributed by atoms with Gasteiger partial charge >= 0.3 is 0 Å². The van der Waals surface area contributed by atoms with Crippen LogP contribution in [0.5, 0.6) is 5.75 Å². The van der Waals surface area contributed by atoms with Crippen LogP contribution in [-0.2, 0) is 20.0 Å². The van der Waals surface area contributed by atoms with Crippen molar-refractivity contribution in [1.82, 2.24) is 4.31 Å². The molecule has 1 heterocycles. The second-order valence-corrected chi connectivity index (χ2v) is 12.0. The van der Waals surface area contributed by atoms with Gasteiger partial charge in [0, 0.05) is 24.3 Å². The summed E-state index contributed by atoms with van der Waals surface area (Å²) in [6, 6.07) is 14.4. The number of amides is 1. The number of methoxy groups -OCH3 is 1. The molecule has 9 nitrogen and oxygen atoms in total. The Morgan fingerprint density at radius 2 is 1.59 bits per heavy atom. The topological polar surface area (TPSA) is 122 Å². The molecule has 12 heteroatoms. The van der Waals surface area contributed by atoms with Crippen molar-refractivity contribution in [3.05, 3.63) is 78.1 Å². The van der Waals surface area contributed by atoms with E-state index < -0.39 is 31.8 Å². The highest BCUT2D eigenvalue weighted by Gasteiger charge is 2.26. The molecule has 0 bridgehead atoms. The number of carbonyl (C=O) groups excluding carboxylic acids is 1. The summed E-state index contributed by atoms with van der Waals surface area (Å²) in [6.07, 6.45) is 2.58. The fraction of sp³-hybridized carbons (Fsp3) is 0.240. The molecule has 1 amide bonds. The van der Waals surface area contributed by atoms with E-state index in [4.69, 9.17) is 4.74 Å². The predicted octanol–water partition coefficient (Wildman–Crippen LogP) is 4.06. The van der Waals surface area contributed by atoms with Gasteiger partial charge in [-0.1, -0.05) is 12.5 Å². The van der Waals surface area contributed by atoms with Gasteiger partial charge in [0.05, 0.1) is 22.6 Å². The van der Waals surface area contributed by atoms with Crippen LogP contribution in [0, 0.1) is 5.82 Å². The summed E-state index contributed by atoms with van der Waals surface area (Å²) >= 11 is 0. The molecular formula is C25H26FN3O6S2. The summed E-state index contributed by atoms with van der Waals surface area (Å²) in [6.45, 7) is 0.891. The third-order valence-electron chi connectivity index (χ3n) is 5.87. The number of rotatable bonds is 8. The zero-order valence-corrected chi connectivity index (χ0v) is 21.6. The monoisotopic (exact) mass is 547 g/mol. The minimum absolute atomic E-state index is 0.0320. The highest BCUT2D eigenvalue weighted by molar-refractivity contribution is 7.92. The van der Waals surface area contributed by atoms with Crippen molar-refractivity contribution in [1.29, 1.82) is 0 Å². The Hall–Kier alpha value is -3.48. The summed E-state index contributed by atoms with van der Waals surface area (Å²) in [5, 5.41) is 2.65. The first kappa shape index (κ1) is 26.6. The number of nitrogens with zero attached hydrogens (tertiary/aromatic N) is 1. The molecule has 1 aliphatic rings. The Bertz CT molecular complexity index is 1500. The number of carbonyl (C=O) groups is 1. The van der Waals surface area contributed by atoms with Gasteiger partial charge in [0.25, 0.3) is 15.9 Å². The van der Waals surface area contributed by atoms with Crippen LogP contribution in [0.2, 0.25) is 0 Å². The third-order valence-corrected chi connectivity index (χ3v) is 9.15. The summed E-state index contributed by atoms with van der Waals surface area (Å²) < 4.78 is 73.8. The third kappa shape index (κ3) is 6.09. The van der Waals surface area contributed by atoms with E-state index in [1.54, 1.807) is 0 Å². The molecule has 4 rings (SSSR count). The van der Waals surface area contributed by atoms with Crippen LogP contribution < -0.4 is 14.8 Å². The maximum absolute atomic E-state index is 13.2. The van der Waals surface area contributed by atoms with Gasteiger partial charge < -0.3 is 10.1 Å². The first-order chi connectivity index (χ1) is 17.6. The van der Waals surface area contributed by atoms with Crippen molar-refractivity contribution in [2.75, 3.05) is 30.2 Å². The van der Waals surface area contributed by atoms with E-state index in [2.05, 4.69) is 10.0 Å². The lowest BCUT2D eigenvalue weighted by Crippen LogP contribution is -2.35. The summed E-state index contributed by atoms with van der Waals surface area (Å²) in [4.78, 5) is 12.8. The number of sulfonamides is 2. The van der Waals surface area contributed by atoms with Gasteiger partial charge in [0.2, 0.25) is 10.0 Å². The van der Waals surface area contributed by atoms with E-state index in [9.17, 15) is 26.0 Å². The molecule has 196 valence electrons. The number of benzene rings is 3. The molecule has 1 fully saturated rings. The number of halogens is 1. The lowest BCUT2D eigenvalue weighted by atomic mass is 10.2.